The fourth-order valence-corrected chi connectivity index (χ4v) is 5.27. The minimum Gasteiger partial charge on any atom is -0.465 e. The SMILES string of the molecule is COC(=O)c1c(NC(=O)C[NH+]2CC[NH+](Cc3cccs3)CC2)sc(C)c1C. The summed E-state index contributed by atoms with van der Waals surface area (Å²) < 4.78 is 4.87. The van der Waals surface area contributed by atoms with E-state index >= 15 is 0 Å². The van der Waals surface area contributed by atoms with Crippen LogP contribution in [0, 0.1) is 13.8 Å². The minimum atomic E-state index is -0.398. The molecular formula is C19H27N3O3S2+2. The Labute approximate surface area is 167 Å². The molecule has 8 heteroatoms. The van der Waals surface area contributed by atoms with Gasteiger partial charge in [0, 0.05) is 4.88 Å². The van der Waals surface area contributed by atoms with E-state index in [2.05, 4.69) is 22.8 Å². The van der Waals surface area contributed by atoms with Crippen LogP contribution in [0.25, 0.3) is 0 Å². The number of anilines is 1. The molecule has 0 aromatic carbocycles. The van der Waals surface area contributed by atoms with Crippen LogP contribution in [0.1, 0.15) is 25.7 Å². The second kappa shape index (κ2) is 8.97. The van der Waals surface area contributed by atoms with E-state index in [1.165, 1.54) is 28.2 Å². The molecule has 1 aliphatic heterocycles. The van der Waals surface area contributed by atoms with Crippen LogP contribution in [0.2, 0.25) is 0 Å². The summed E-state index contributed by atoms with van der Waals surface area (Å²) in [5.41, 5.74) is 1.36. The van der Waals surface area contributed by atoms with Crippen LogP contribution in [-0.4, -0.2) is 51.7 Å². The summed E-state index contributed by atoms with van der Waals surface area (Å²) in [5, 5.41) is 5.66. The smallest absolute Gasteiger partial charge is 0.341 e. The molecule has 3 N–H and O–H groups in total. The molecule has 146 valence electrons. The van der Waals surface area contributed by atoms with Crippen molar-refractivity contribution in [1.82, 2.24) is 0 Å². The molecule has 1 saturated heterocycles. The van der Waals surface area contributed by atoms with E-state index in [0.29, 0.717) is 17.1 Å². The predicted molar refractivity (Wildman–Crippen MR) is 108 cm³/mol. The van der Waals surface area contributed by atoms with Crippen molar-refractivity contribution in [2.75, 3.05) is 45.2 Å². The van der Waals surface area contributed by atoms with Crippen molar-refractivity contribution >= 4 is 39.6 Å². The second-order valence-electron chi connectivity index (χ2n) is 6.96. The van der Waals surface area contributed by atoms with E-state index in [1.807, 2.05) is 25.2 Å². The number of hydrogen-bond donors (Lipinski definition) is 3. The van der Waals surface area contributed by atoms with E-state index in [1.54, 1.807) is 4.90 Å². The highest BCUT2D eigenvalue weighted by Crippen LogP contribution is 2.32. The number of nitrogens with one attached hydrogen (secondary N) is 3. The average Bonchev–Trinajstić information content (AvgIpc) is 3.24. The lowest BCUT2D eigenvalue weighted by atomic mass is 10.1. The van der Waals surface area contributed by atoms with Gasteiger partial charge in [-0.3, -0.25) is 4.79 Å². The van der Waals surface area contributed by atoms with Crippen LogP contribution in [0.4, 0.5) is 5.00 Å². The molecule has 2 aromatic heterocycles. The van der Waals surface area contributed by atoms with Crippen molar-refractivity contribution in [1.29, 1.82) is 0 Å². The van der Waals surface area contributed by atoms with Gasteiger partial charge in [0.05, 0.1) is 17.6 Å². The third-order valence-corrected chi connectivity index (χ3v) is 7.11. The first kappa shape index (κ1) is 20.0. The number of rotatable bonds is 6. The van der Waals surface area contributed by atoms with E-state index in [9.17, 15) is 9.59 Å². The maximum atomic E-state index is 12.5. The van der Waals surface area contributed by atoms with Crippen molar-refractivity contribution in [3.05, 3.63) is 38.4 Å². The quantitative estimate of drug-likeness (QED) is 0.595. The number of esters is 1. The lowest BCUT2D eigenvalue weighted by Crippen LogP contribution is -3.28. The van der Waals surface area contributed by atoms with Crippen LogP contribution in [0.3, 0.4) is 0 Å². The zero-order valence-corrected chi connectivity index (χ0v) is 17.6. The molecule has 0 atom stereocenters. The number of methoxy groups -OCH3 is 1. The Morgan fingerprint density at radius 3 is 2.52 bits per heavy atom. The monoisotopic (exact) mass is 409 g/mol. The zero-order chi connectivity index (χ0) is 19.4. The Kier molecular flexibility index (Phi) is 6.64. The van der Waals surface area contributed by atoms with Gasteiger partial charge in [-0.05, 0) is 30.9 Å². The number of piperazine rings is 1. The number of thiophene rings is 2. The largest absolute Gasteiger partial charge is 0.465 e. The number of carbonyl (C=O) groups is 2. The standard InChI is InChI=1S/C19H25N3O3S2/c1-13-14(2)27-18(17(13)19(24)25-3)20-16(23)12-22-8-6-21(7-9-22)11-15-5-4-10-26-15/h4-5,10H,6-9,11-12H2,1-3H3,(H,20,23)/p+2. The van der Waals surface area contributed by atoms with E-state index < -0.39 is 5.97 Å². The Hall–Kier alpha value is -1.74. The molecule has 2 aromatic rings. The van der Waals surface area contributed by atoms with Gasteiger partial charge < -0.3 is 19.9 Å². The molecule has 1 fully saturated rings. The van der Waals surface area contributed by atoms with Gasteiger partial charge in [-0.2, -0.15) is 0 Å². The van der Waals surface area contributed by atoms with Gasteiger partial charge in [0.2, 0.25) is 0 Å². The highest BCUT2D eigenvalue weighted by atomic mass is 32.1. The maximum Gasteiger partial charge on any atom is 0.341 e. The number of quaternary nitrogens is 2. The summed E-state index contributed by atoms with van der Waals surface area (Å²) in [6.45, 7) is 9.46. The fraction of sp³-hybridized carbons (Fsp3) is 0.474. The summed E-state index contributed by atoms with van der Waals surface area (Å²) in [6, 6.07) is 4.29. The summed E-state index contributed by atoms with van der Waals surface area (Å²) in [5.74, 6) is -0.441. The summed E-state index contributed by atoms with van der Waals surface area (Å²) in [6.07, 6.45) is 0. The number of aryl methyl sites for hydroxylation is 1. The van der Waals surface area contributed by atoms with Gasteiger partial charge in [-0.25, -0.2) is 4.79 Å². The Morgan fingerprint density at radius 2 is 1.89 bits per heavy atom. The maximum absolute atomic E-state index is 12.5. The zero-order valence-electron chi connectivity index (χ0n) is 16.0. The topological polar surface area (TPSA) is 64.3 Å². The van der Waals surface area contributed by atoms with Gasteiger partial charge >= 0.3 is 5.97 Å². The molecule has 1 amide bonds. The number of carbonyl (C=O) groups excluding carboxylic acids is 2. The van der Waals surface area contributed by atoms with Crippen molar-refractivity contribution in [2.24, 2.45) is 0 Å². The molecule has 0 radical (unpaired) electrons. The van der Waals surface area contributed by atoms with E-state index in [0.717, 1.165) is 43.2 Å². The molecule has 6 nitrogen and oxygen atoms in total. The van der Waals surface area contributed by atoms with Crippen molar-refractivity contribution in [2.45, 2.75) is 20.4 Å². The summed E-state index contributed by atoms with van der Waals surface area (Å²) in [4.78, 5) is 29.9. The van der Waals surface area contributed by atoms with E-state index in [4.69, 9.17) is 4.74 Å². The first-order valence-electron chi connectivity index (χ1n) is 9.15. The Bertz CT molecular complexity index is 793. The van der Waals surface area contributed by atoms with Gasteiger partial charge in [0.15, 0.2) is 6.54 Å². The molecule has 0 spiro atoms. The molecule has 3 rings (SSSR count). The second-order valence-corrected chi connectivity index (χ2v) is 9.22. The summed E-state index contributed by atoms with van der Waals surface area (Å²) >= 11 is 3.24. The molecule has 3 heterocycles. The molecule has 0 unspecified atom stereocenters. The first-order chi connectivity index (χ1) is 13.0. The molecule has 0 bridgehead atoms. The molecule has 0 aliphatic carbocycles. The van der Waals surface area contributed by atoms with Crippen LogP contribution in [-0.2, 0) is 16.1 Å². The summed E-state index contributed by atoms with van der Waals surface area (Å²) in [7, 11) is 1.36. The van der Waals surface area contributed by atoms with Gasteiger partial charge in [-0.15, -0.1) is 22.7 Å². The van der Waals surface area contributed by atoms with Crippen LogP contribution in [0.5, 0.6) is 0 Å². The molecule has 27 heavy (non-hydrogen) atoms. The highest BCUT2D eigenvalue weighted by Gasteiger charge is 2.27. The van der Waals surface area contributed by atoms with Crippen molar-refractivity contribution < 1.29 is 24.1 Å². The number of amides is 1. The molecule has 0 saturated carbocycles. The van der Waals surface area contributed by atoms with Crippen molar-refractivity contribution in [3.8, 4) is 0 Å². The first-order valence-corrected chi connectivity index (χ1v) is 10.8. The van der Waals surface area contributed by atoms with Crippen LogP contribution in [0.15, 0.2) is 17.5 Å². The van der Waals surface area contributed by atoms with Gasteiger partial charge in [0.1, 0.15) is 37.7 Å². The minimum absolute atomic E-state index is 0.0434. The Morgan fingerprint density at radius 1 is 1.19 bits per heavy atom. The van der Waals surface area contributed by atoms with E-state index in [-0.39, 0.29) is 5.91 Å². The Balaban J connectivity index is 1.52. The lowest BCUT2D eigenvalue weighted by molar-refractivity contribution is -1.01. The van der Waals surface area contributed by atoms with Crippen LogP contribution >= 0.6 is 22.7 Å². The molecular weight excluding hydrogens is 382 g/mol. The molecule has 1 aliphatic rings. The third kappa shape index (κ3) is 4.95. The lowest BCUT2D eigenvalue weighted by Gasteiger charge is -2.29. The number of ether oxygens (including phenoxy) is 1. The average molecular weight is 410 g/mol. The third-order valence-electron chi connectivity index (χ3n) is 5.11. The van der Waals surface area contributed by atoms with Crippen LogP contribution < -0.4 is 15.1 Å². The predicted octanol–water partition coefficient (Wildman–Crippen LogP) is 0.135. The van der Waals surface area contributed by atoms with Crippen molar-refractivity contribution in [3.63, 3.8) is 0 Å². The number of hydrogen-bond acceptors (Lipinski definition) is 5. The normalized spacial score (nSPS) is 19.7. The highest BCUT2D eigenvalue weighted by molar-refractivity contribution is 7.16. The van der Waals surface area contributed by atoms with Gasteiger partial charge in [-0.1, -0.05) is 6.07 Å². The fourth-order valence-electron chi connectivity index (χ4n) is 3.43. The van der Waals surface area contributed by atoms with Gasteiger partial charge in [0.25, 0.3) is 5.91 Å².